The quantitative estimate of drug-likeness (QED) is 0.152. The summed E-state index contributed by atoms with van der Waals surface area (Å²) in [7, 11) is 0. The minimum absolute atomic E-state index is 0.504. The monoisotopic (exact) mass is 456 g/mol. The second kappa shape index (κ2) is 17.9. The Morgan fingerprint density at radius 2 is 1.32 bits per heavy atom. The molecule has 3 heteroatoms. The first-order chi connectivity index (χ1) is 16.8. The second-order valence-corrected chi connectivity index (χ2v) is 9.07. The highest BCUT2D eigenvalue weighted by molar-refractivity contribution is 6.85. The van der Waals surface area contributed by atoms with E-state index in [1.165, 1.54) is 73.6 Å². The number of aryl methyl sites for hydroxylation is 2. The van der Waals surface area contributed by atoms with Gasteiger partial charge in [-0.1, -0.05) is 137 Å². The number of H-pyrrole nitrogens is 1. The van der Waals surface area contributed by atoms with Crippen LogP contribution in [0.25, 0.3) is 0 Å². The Morgan fingerprint density at radius 1 is 0.735 bits per heavy atom. The number of unbranched alkanes of at least 4 members (excludes halogenated alkanes) is 4. The second-order valence-electron chi connectivity index (χ2n) is 9.07. The number of allylic oxidation sites excluding steroid dienone is 2. The Bertz CT molecular complexity index is 822. The van der Waals surface area contributed by atoms with Gasteiger partial charge in [0, 0.05) is 5.69 Å². The van der Waals surface area contributed by atoms with E-state index in [2.05, 4.69) is 104 Å². The number of aromatic amines is 1. The Labute approximate surface area is 209 Å². The predicted molar refractivity (Wildman–Crippen MR) is 152 cm³/mol. The maximum atomic E-state index is 4.41. The molecular weight excluding hydrogens is 411 g/mol. The highest BCUT2D eigenvalue weighted by Gasteiger charge is 2.17. The topological polar surface area (TPSA) is 28.7 Å². The van der Waals surface area contributed by atoms with Crippen molar-refractivity contribution in [2.45, 2.75) is 91.3 Å². The van der Waals surface area contributed by atoms with E-state index in [9.17, 15) is 0 Å². The van der Waals surface area contributed by atoms with Crippen LogP contribution >= 0.6 is 0 Å². The third-order valence-corrected chi connectivity index (χ3v) is 6.28. The summed E-state index contributed by atoms with van der Waals surface area (Å²) >= 11 is 0. The summed E-state index contributed by atoms with van der Waals surface area (Å²) in [6, 6.07) is 21.6. The Balaban J connectivity index is 0.000000248. The number of nitrogens with one attached hydrogen (secondary N) is 1. The van der Waals surface area contributed by atoms with Crippen molar-refractivity contribution in [3.05, 3.63) is 90.5 Å². The molecule has 0 spiro atoms. The van der Waals surface area contributed by atoms with Crippen LogP contribution in [-0.2, 0) is 12.8 Å². The highest BCUT2D eigenvalue weighted by atomic mass is 14.9. The summed E-state index contributed by atoms with van der Waals surface area (Å²) in [5, 5.41) is 0. The number of benzene rings is 2. The van der Waals surface area contributed by atoms with E-state index in [1.807, 2.05) is 6.33 Å². The fourth-order valence-corrected chi connectivity index (χ4v) is 4.32. The first-order valence-electron chi connectivity index (χ1n) is 13.6. The molecule has 0 saturated carbocycles. The molecular formula is C31H45BN2. The summed E-state index contributed by atoms with van der Waals surface area (Å²) in [5.41, 5.74) is 5.51. The van der Waals surface area contributed by atoms with Gasteiger partial charge in [-0.15, -0.1) is 0 Å². The van der Waals surface area contributed by atoms with E-state index in [1.54, 1.807) is 0 Å². The minimum atomic E-state index is 0.504. The number of imidazole rings is 1. The lowest BCUT2D eigenvalue weighted by Crippen LogP contribution is -2.41. The number of rotatable bonds is 14. The molecule has 1 heterocycles. The fraction of sp³-hybridized carbons (Fsp3) is 0.452. The lowest BCUT2D eigenvalue weighted by molar-refractivity contribution is 0.683. The molecule has 0 aliphatic rings. The third kappa shape index (κ3) is 10.6. The number of hydrogen-bond donors (Lipinski definition) is 1. The zero-order chi connectivity index (χ0) is 24.3. The lowest BCUT2D eigenvalue weighted by atomic mass is 9.38. The molecule has 0 unspecified atom stereocenters. The maximum absolute atomic E-state index is 4.41. The molecule has 0 bridgehead atoms. The fourth-order valence-electron chi connectivity index (χ4n) is 4.32. The number of nitrogens with zero attached hydrogens (tertiary/aromatic N) is 1. The summed E-state index contributed by atoms with van der Waals surface area (Å²) in [6.07, 6.45) is 20.0. The van der Waals surface area contributed by atoms with E-state index >= 15 is 0 Å². The Hall–Kier alpha value is -2.55. The molecule has 0 saturated heterocycles. The van der Waals surface area contributed by atoms with Gasteiger partial charge in [-0.2, -0.15) is 0 Å². The van der Waals surface area contributed by atoms with Crippen molar-refractivity contribution < 1.29 is 0 Å². The normalized spacial score (nSPS) is 10.8. The van der Waals surface area contributed by atoms with Gasteiger partial charge in [0.15, 0.2) is 0 Å². The van der Waals surface area contributed by atoms with Gasteiger partial charge in [-0.05, 0) is 38.5 Å². The zero-order valence-electron chi connectivity index (χ0n) is 21.8. The summed E-state index contributed by atoms with van der Waals surface area (Å²) in [5.74, 6) is 0. The zero-order valence-corrected chi connectivity index (χ0v) is 21.8. The molecule has 3 aromatic rings. The summed E-state index contributed by atoms with van der Waals surface area (Å²) in [6.45, 7) is 7.17. The molecule has 3 rings (SSSR count). The highest BCUT2D eigenvalue weighted by Crippen LogP contribution is 2.12. The van der Waals surface area contributed by atoms with E-state index in [0.717, 1.165) is 19.3 Å². The van der Waals surface area contributed by atoms with Crippen molar-refractivity contribution in [2.75, 3.05) is 0 Å². The first-order valence-corrected chi connectivity index (χ1v) is 13.6. The van der Waals surface area contributed by atoms with Crippen molar-refractivity contribution in [2.24, 2.45) is 0 Å². The van der Waals surface area contributed by atoms with Gasteiger partial charge in [0.2, 0.25) is 6.71 Å². The summed E-state index contributed by atoms with van der Waals surface area (Å²) in [4.78, 5) is 7.69. The van der Waals surface area contributed by atoms with E-state index < -0.39 is 0 Å². The van der Waals surface area contributed by atoms with Gasteiger partial charge in [0.05, 0.1) is 12.0 Å². The van der Waals surface area contributed by atoms with Crippen molar-refractivity contribution in [3.8, 4) is 0 Å². The van der Waals surface area contributed by atoms with Gasteiger partial charge in [-0.25, -0.2) is 4.98 Å². The van der Waals surface area contributed by atoms with Crippen LogP contribution in [0, 0.1) is 0 Å². The van der Waals surface area contributed by atoms with Crippen LogP contribution in [0.2, 0.25) is 6.32 Å². The van der Waals surface area contributed by atoms with Crippen LogP contribution in [0.4, 0.5) is 0 Å². The SMILES string of the molecule is CCC=CCCB(c1ccccc1)c1ccccc1.CCCCCc1nc[nH]c1CCCCC. The largest absolute Gasteiger partial charge is 0.348 e. The minimum Gasteiger partial charge on any atom is -0.348 e. The molecule has 182 valence electrons. The standard InChI is InChI=1S/C18H21B.C13H24N2/c1-2-3-4-11-16-19(17-12-7-5-8-13-17)18-14-9-6-10-15-18;1-3-5-7-9-12-13(15-11-14-12)10-8-6-4-2/h3-10,12-15H,2,11,16H2,1H3;11H,3-10H2,1-2H3,(H,14,15). The maximum Gasteiger partial charge on any atom is 0.209 e. The van der Waals surface area contributed by atoms with Gasteiger partial charge in [0.25, 0.3) is 0 Å². The van der Waals surface area contributed by atoms with Gasteiger partial charge in [0.1, 0.15) is 0 Å². The average Bonchev–Trinajstić information content (AvgIpc) is 3.33. The van der Waals surface area contributed by atoms with Crippen molar-refractivity contribution >= 4 is 17.6 Å². The third-order valence-electron chi connectivity index (χ3n) is 6.28. The molecule has 1 N–H and O–H groups in total. The molecule has 2 aromatic carbocycles. The molecule has 0 amide bonds. The van der Waals surface area contributed by atoms with Crippen molar-refractivity contribution in [3.63, 3.8) is 0 Å². The lowest BCUT2D eigenvalue weighted by Gasteiger charge is -2.13. The van der Waals surface area contributed by atoms with Crippen LogP contribution in [0.5, 0.6) is 0 Å². The molecule has 0 fully saturated rings. The Morgan fingerprint density at radius 3 is 1.88 bits per heavy atom. The Kier molecular flexibility index (Phi) is 14.6. The van der Waals surface area contributed by atoms with Crippen LogP contribution in [0.3, 0.4) is 0 Å². The molecule has 0 aliphatic carbocycles. The molecule has 0 atom stereocenters. The first kappa shape index (κ1) is 27.7. The van der Waals surface area contributed by atoms with Gasteiger partial charge in [-0.3, -0.25) is 0 Å². The molecule has 0 aliphatic heterocycles. The summed E-state index contributed by atoms with van der Waals surface area (Å²) < 4.78 is 0. The van der Waals surface area contributed by atoms with Crippen LogP contribution < -0.4 is 10.9 Å². The molecule has 0 radical (unpaired) electrons. The molecule has 2 nitrogen and oxygen atoms in total. The van der Waals surface area contributed by atoms with Crippen molar-refractivity contribution in [1.82, 2.24) is 9.97 Å². The smallest absolute Gasteiger partial charge is 0.209 e. The number of hydrogen-bond acceptors (Lipinski definition) is 1. The van der Waals surface area contributed by atoms with E-state index in [4.69, 9.17) is 0 Å². The van der Waals surface area contributed by atoms with E-state index in [-0.39, 0.29) is 0 Å². The van der Waals surface area contributed by atoms with Crippen LogP contribution in [0.1, 0.15) is 83.5 Å². The predicted octanol–water partition coefficient (Wildman–Crippen LogP) is 7.53. The van der Waals surface area contributed by atoms with E-state index in [0.29, 0.717) is 6.71 Å². The molecule has 34 heavy (non-hydrogen) atoms. The average molecular weight is 457 g/mol. The van der Waals surface area contributed by atoms with Crippen LogP contribution in [-0.4, -0.2) is 16.7 Å². The van der Waals surface area contributed by atoms with Crippen LogP contribution in [0.15, 0.2) is 79.1 Å². The van der Waals surface area contributed by atoms with Gasteiger partial charge >= 0.3 is 0 Å². The van der Waals surface area contributed by atoms with Crippen molar-refractivity contribution in [1.29, 1.82) is 0 Å². The van der Waals surface area contributed by atoms with Gasteiger partial charge < -0.3 is 4.98 Å². The number of aromatic nitrogens is 2. The molecule has 1 aromatic heterocycles.